The van der Waals surface area contributed by atoms with E-state index in [1.165, 1.54) is 0 Å². The zero-order valence-electron chi connectivity index (χ0n) is 10.2. The number of hydrogen-bond acceptors (Lipinski definition) is 3. The lowest BCUT2D eigenvalue weighted by molar-refractivity contribution is -0.141. The highest BCUT2D eigenvalue weighted by atomic mass is 16.4. The molecule has 0 radical (unpaired) electrons. The monoisotopic (exact) mass is 242 g/mol. The Bertz CT molecular complexity index is 268. The molecule has 0 unspecified atom stereocenters. The maximum Gasteiger partial charge on any atom is 0.306 e. The number of rotatable bonds is 7. The van der Waals surface area contributed by atoms with Gasteiger partial charge in [0.1, 0.15) is 0 Å². The standard InChI is InChI=1S/C12H22N2O3/c13-7-3-1-2-4-11(15)14-10-6-5-9(8-10)12(16)17/h9-10H,1-8,13H2,(H,14,15)(H,16,17)/t9-,10+/m1/s1. The molecule has 5 nitrogen and oxygen atoms in total. The molecule has 98 valence electrons. The van der Waals surface area contributed by atoms with Crippen LogP contribution in [0, 0.1) is 5.92 Å². The third kappa shape index (κ3) is 5.17. The first-order valence-electron chi connectivity index (χ1n) is 6.35. The molecule has 0 bridgehead atoms. The highest BCUT2D eigenvalue weighted by molar-refractivity contribution is 5.76. The van der Waals surface area contributed by atoms with Gasteiger partial charge in [-0.3, -0.25) is 9.59 Å². The molecule has 1 rings (SSSR count). The van der Waals surface area contributed by atoms with Crippen molar-refractivity contribution in [2.45, 2.75) is 51.0 Å². The van der Waals surface area contributed by atoms with Crippen molar-refractivity contribution in [2.75, 3.05) is 6.54 Å². The Balaban J connectivity index is 2.13. The van der Waals surface area contributed by atoms with Crippen LogP contribution in [0.4, 0.5) is 0 Å². The molecule has 4 N–H and O–H groups in total. The van der Waals surface area contributed by atoms with Gasteiger partial charge in [-0.05, 0) is 38.6 Å². The van der Waals surface area contributed by atoms with Crippen molar-refractivity contribution < 1.29 is 14.7 Å². The zero-order chi connectivity index (χ0) is 12.7. The lowest BCUT2D eigenvalue weighted by Gasteiger charge is -2.12. The second-order valence-electron chi connectivity index (χ2n) is 4.71. The van der Waals surface area contributed by atoms with Gasteiger partial charge in [0.25, 0.3) is 0 Å². The molecule has 17 heavy (non-hydrogen) atoms. The summed E-state index contributed by atoms with van der Waals surface area (Å²) in [6.45, 7) is 0.671. The predicted octanol–water partition coefficient (Wildman–Crippen LogP) is 0.875. The summed E-state index contributed by atoms with van der Waals surface area (Å²) in [4.78, 5) is 22.3. The Morgan fingerprint density at radius 2 is 2.00 bits per heavy atom. The predicted molar refractivity (Wildman–Crippen MR) is 64.4 cm³/mol. The molecule has 1 aliphatic rings. The fraction of sp³-hybridized carbons (Fsp3) is 0.833. The van der Waals surface area contributed by atoms with Crippen LogP contribution in [0.25, 0.3) is 0 Å². The Kier molecular flexibility index (Phi) is 5.97. The number of carbonyl (C=O) groups is 2. The number of carboxylic acid groups (broad SMARTS) is 1. The minimum Gasteiger partial charge on any atom is -0.481 e. The van der Waals surface area contributed by atoms with E-state index in [1.807, 2.05) is 0 Å². The van der Waals surface area contributed by atoms with Gasteiger partial charge in [0.15, 0.2) is 0 Å². The first-order valence-corrected chi connectivity index (χ1v) is 6.35. The summed E-state index contributed by atoms with van der Waals surface area (Å²) in [7, 11) is 0. The van der Waals surface area contributed by atoms with Crippen LogP contribution in [0.1, 0.15) is 44.9 Å². The van der Waals surface area contributed by atoms with Crippen LogP contribution in [0.5, 0.6) is 0 Å². The van der Waals surface area contributed by atoms with Crippen LogP contribution in [0.2, 0.25) is 0 Å². The molecule has 2 atom stereocenters. The van der Waals surface area contributed by atoms with Crippen molar-refractivity contribution in [1.82, 2.24) is 5.32 Å². The first-order chi connectivity index (χ1) is 8.13. The van der Waals surface area contributed by atoms with Gasteiger partial charge in [-0.2, -0.15) is 0 Å². The van der Waals surface area contributed by atoms with Gasteiger partial charge in [-0.1, -0.05) is 6.42 Å². The maximum absolute atomic E-state index is 11.5. The third-order valence-corrected chi connectivity index (χ3v) is 3.25. The summed E-state index contributed by atoms with van der Waals surface area (Å²) in [5, 5.41) is 11.7. The van der Waals surface area contributed by atoms with Crippen molar-refractivity contribution in [3.63, 3.8) is 0 Å². The van der Waals surface area contributed by atoms with Crippen LogP contribution in [-0.2, 0) is 9.59 Å². The second-order valence-corrected chi connectivity index (χ2v) is 4.71. The molecule has 0 heterocycles. The summed E-state index contributed by atoms with van der Waals surface area (Å²) in [6, 6.07) is 0.0538. The summed E-state index contributed by atoms with van der Waals surface area (Å²) < 4.78 is 0. The molecule has 0 aliphatic heterocycles. The Morgan fingerprint density at radius 1 is 1.24 bits per heavy atom. The molecular formula is C12H22N2O3. The van der Waals surface area contributed by atoms with Crippen LogP contribution < -0.4 is 11.1 Å². The van der Waals surface area contributed by atoms with Gasteiger partial charge in [-0.25, -0.2) is 0 Å². The van der Waals surface area contributed by atoms with E-state index in [1.54, 1.807) is 0 Å². The number of hydrogen-bond donors (Lipinski definition) is 3. The van der Waals surface area contributed by atoms with Crippen LogP contribution in [-0.4, -0.2) is 29.6 Å². The van der Waals surface area contributed by atoms with E-state index in [9.17, 15) is 9.59 Å². The molecular weight excluding hydrogens is 220 g/mol. The quantitative estimate of drug-likeness (QED) is 0.578. The molecule has 1 amide bonds. The number of carbonyl (C=O) groups excluding carboxylic acids is 1. The number of amides is 1. The van der Waals surface area contributed by atoms with Crippen LogP contribution >= 0.6 is 0 Å². The lowest BCUT2D eigenvalue weighted by atomic mass is 10.1. The molecule has 1 saturated carbocycles. The van der Waals surface area contributed by atoms with Crippen molar-refractivity contribution >= 4 is 11.9 Å². The molecule has 0 saturated heterocycles. The van der Waals surface area contributed by atoms with Gasteiger partial charge in [-0.15, -0.1) is 0 Å². The van der Waals surface area contributed by atoms with E-state index < -0.39 is 5.97 Å². The molecule has 5 heteroatoms. The topological polar surface area (TPSA) is 92.4 Å². The smallest absolute Gasteiger partial charge is 0.306 e. The second kappa shape index (κ2) is 7.27. The summed E-state index contributed by atoms with van der Waals surface area (Å²) in [5.41, 5.74) is 5.36. The van der Waals surface area contributed by atoms with Gasteiger partial charge in [0.2, 0.25) is 5.91 Å². The molecule has 0 aromatic heterocycles. The largest absolute Gasteiger partial charge is 0.481 e. The molecule has 1 aliphatic carbocycles. The van der Waals surface area contributed by atoms with Crippen molar-refractivity contribution in [3.05, 3.63) is 0 Å². The van der Waals surface area contributed by atoms with Gasteiger partial charge in [0, 0.05) is 12.5 Å². The number of carboxylic acids is 1. The van der Waals surface area contributed by atoms with E-state index in [0.29, 0.717) is 25.8 Å². The SMILES string of the molecule is NCCCCCC(=O)N[C@H]1CC[C@@H](C(=O)O)C1. The van der Waals surface area contributed by atoms with Gasteiger partial charge in [0.05, 0.1) is 5.92 Å². The van der Waals surface area contributed by atoms with Gasteiger partial charge < -0.3 is 16.2 Å². The zero-order valence-corrected chi connectivity index (χ0v) is 10.2. The minimum absolute atomic E-state index is 0.0399. The molecule has 0 aromatic rings. The lowest BCUT2D eigenvalue weighted by Crippen LogP contribution is -2.33. The third-order valence-electron chi connectivity index (χ3n) is 3.25. The number of nitrogens with one attached hydrogen (secondary N) is 1. The fourth-order valence-corrected chi connectivity index (χ4v) is 2.24. The van der Waals surface area contributed by atoms with Crippen LogP contribution in [0.3, 0.4) is 0 Å². The number of unbranched alkanes of at least 4 members (excludes halogenated alkanes) is 2. The average Bonchev–Trinajstić information content (AvgIpc) is 2.73. The van der Waals surface area contributed by atoms with Gasteiger partial charge >= 0.3 is 5.97 Å². The average molecular weight is 242 g/mol. The Labute approximate surface area is 102 Å². The van der Waals surface area contributed by atoms with Crippen LogP contribution in [0.15, 0.2) is 0 Å². The summed E-state index contributed by atoms with van der Waals surface area (Å²) in [6.07, 6.45) is 5.35. The summed E-state index contributed by atoms with van der Waals surface area (Å²) in [5.74, 6) is -0.986. The minimum atomic E-state index is -0.746. The molecule has 0 aromatic carbocycles. The van der Waals surface area contributed by atoms with E-state index in [0.717, 1.165) is 25.7 Å². The summed E-state index contributed by atoms with van der Waals surface area (Å²) >= 11 is 0. The Morgan fingerprint density at radius 3 is 2.59 bits per heavy atom. The van der Waals surface area contributed by atoms with E-state index in [2.05, 4.69) is 5.32 Å². The maximum atomic E-state index is 11.5. The van der Waals surface area contributed by atoms with E-state index >= 15 is 0 Å². The Hall–Kier alpha value is -1.10. The highest BCUT2D eigenvalue weighted by Crippen LogP contribution is 2.25. The first kappa shape index (κ1) is 14.0. The normalized spacial score (nSPS) is 23.6. The van der Waals surface area contributed by atoms with E-state index in [4.69, 9.17) is 10.8 Å². The van der Waals surface area contributed by atoms with Crippen molar-refractivity contribution in [2.24, 2.45) is 11.7 Å². The number of nitrogens with two attached hydrogens (primary N) is 1. The molecule has 0 spiro atoms. The van der Waals surface area contributed by atoms with E-state index in [-0.39, 0.29) is 17.9 Å². The highest BCUT2D eigenvalue weighted by Gasteiger charge is 2.30. The van der Waals surface area contributed by atoms with Crippen molar-refractivity contribution in [1.29, 1.82) is 0 Å². The van der Waals surface area contributed by atoms with Crippen molar-refractivity contribution in [3.8, 4) is 0 Å². The fourth-order valence-electron chi connectivity index (χ4n) is 2.24. The molecule has 1 fully saturated rings. The number of aliphatic carboxylic acids is 1.